The number of carboxylic acids is 1. The van der Waals surface area contributed by atoms with Crippen LogP contribution in [0, 0.1) is 6.92 Å². The van der Waals surface area contributed by atoms with Crippen molar-refractivity contribution in [3.63, 3.8) is 0 Å². The summed E-state index contributed by atoms with van der Waals surface area (Å²) in [6.07, 6.45) is 0. The van der Waals surface area contributed by atoms with Crippen molar-refractivity contribution in [2.45, 2.75) is 18.4 Å². The third kappa shape index (κ3) is 4.92. The molecule has 0 bridgehead atoms. The van der Waals surface area contributed by atoms with E-state index in [1.165, 1.54) is 19.2 Å². The maximum atomic E-state index is 13.1. The van der Waals surface area contributed by atoms with Crippen molar-refractivity contribution >= 4 is 37.9 Å². The van der Waals surface area contributed by atoms with Crippen LogP contribution in [0.5, 0.6) is 0 Å². The van der Waals surface area contributed by atoms with Crippen LogP contribution in [0.2, 0.25) is 0 Å². The van der Waals surface area contributed by atoms with Gasteiger partial charge in [-0.25, -0.2) is 13.2 Å². The molecule has 1 N–H and O–H groups in total. The first-order chi connectivity index (χ1) is 13.5. The van der Waals surface area contributed by atoms with Crippen molar-refractivity contribution in [3.8, 4) is 0 Å². The number of hydrogen-bond donors (Lipinski definition) is 1. The van der Waals surface area contributed by atoms with Gasteiger partial charge in [-0.3, -0.25) is 9.59 Å². The quantitative estimate of drug-likeness (QED) is 0.588. The molecule has 9 nitrogen and oxygen atoms in total. The van der Waals surface area contributed by atoms with E-state index in [9.17, 15) is 27.9 Å². The van der Waals surface area contributed by atoms with E-state index >= 15 is 0 Å². The van der Waals surface area contributed by atoms with Gasteiger partial charge in [-0.2, -0.15) is 4.31 Å². The van der Waals surface area contributed by atoms with Gasteiger partial charge >= 0.3 is 11.9 Å². The van der Waals surface area contributed by atoms with Crippen molar-refractivity contribution < 1.29 is 27.9 Å². The number of esters is 1. The summed E-state index contributed by atoms with van der Waals surface area (Å²) in [7, 11) is -1.76. The highest BCUT2D eigenvalue weighted by molar-refractivity contribution is 9.10. The number of pyridine rings is 1. The van der Waals surface area contributed by atoms with Crippen LogP contribution in [0.1, 0.15) is 21.6 Å². The van der Waals surface area contributed by atoms with Crippen molar-refractivity contribution in [3.05, 3.63) is 62.0 Å². The van der Waals surface area contributed by atoms with Gasteiger partial charge in [0, 0.05) is 7.05 Å². The summed E-state index contributed by atoms with van der Waals surface area (Å²) in [6.45, 7) is 0.612. The number of nitrogens with zero attached hydrogens (tertiary/aromatic N) is 2. The number of aromatic nitrogens is 1. The molecular formula is C18H19BrN2O7S. The standard InChI is InChI=1S/C18H19BrN2O7S/c1-11-4-6-12(7-5-11)29(26,27)21(10-16(22)28-3)9-15-13(18(24)25)8-14(19)17(23)20(15)2/h4-8H,9-10H2,1-3H3,(H,24,25). The Morgan fingerprint density at radius 2 is 1.83 bits per heavy atom. The Morgan fingerprint density at radius 3 is 2.34 bits per heavy atom. The molecule has 0 atom stereocenters. The number of carbonyl (C=O) groups is 2. The molecule has 1 aromatic heterocycles. The monoisotopic (exact) mass is 486 g/mol. The largest absolute Gasteiger partial charge is 0.478 e. The smallest absolute Gasteiger partial charge is 0.337 e. The zero-order valence-electron chi connectivity index (χ0n) is 15.9. The lowest BCUT2D eigenvalue weighted by Crippen LogP contribution is -2.38. The highest BCUT2D eigenvalue weighted by Gasteiger charge is 2.30. The fourth-order valence-electron chi connectivity index (χ4n) is 2.57. The maximum Gasteiger partial charge on any atom is 0.337 e. The van der Waals surface area contributed by atoms with E-state index in [1.54, 1.807) is 19.1 Å². The predicted molar refractivity (Wildman–Crippen MR) is 107 cm³/mol. The fraction of sp³-hybridized carbons (Fsp3) is 0.278. The minimum absolute atomic E-state index is 0.0158. The number of sulfonamides is 1. The summed E-state index contributed by atoms with van der Waals surface area (Å²) in [6, 6.07) is 7.07. The van der Waals surface area contributed by atoms with Crippen LogP contribution < -0.4 is 5.56 Å². The Bertz CT molecular complexity index is 1110. The highest BCUT2D eigenvalue weighted by Crippen LogP contribution is 2.21. The van der Waals surface area contributed by atoms with E-state index in [1.807, 2.05) is 0 Å². The number of benzene rings is 1. The third-order valence-electron chi connectivity index (χ3n) is 4.24. The molecule has 0 unspecified atom stereocenters. The normalized spacial score (nSPS) is 11.5. The third-order valence-corrected chi connectivity index (χ3v) is 6.62. The van der Waals surface area contributed by atoms with Gasteiger partial charge in [0.2, 0.25) is 10.0 Å². The lowest BCUT2D eigenvalue weighted by atomic mass is 10.2. The molecule has 2 rings (SSSR count). The van der Waals surface area contributed by atoms with Gasteiger partial charge in [-0.05, 0) is 41.1 Å². The summed E-state index contributed by atoms with van der Waals surface area (Å²) in [5, 5.41) is 9.50. The fourth-order valence-corrected chi connectivity index (χ4v) is 4.41. The molecule has 0 fully saturated rings. The summed E-state index contributed by atoms with van der Waals surface area (Å²) < 4.78 is 32.6. The van der Waals surface area contributed by atoms with Crippen LogP contribution in [0.3, 0.4) is 0 Å². The lowest BCUT2D eigenvalue weighted by Gasteiger charge is -2.23. The van der Waals surface area contributed by atoms with E-state index < -0.39 is 40.6 Å². The number of rotatable bonds is 7. The SMILES string of the molecule is COC(=O)CN(Cc1c(C(=O)O)cc(Br)c(=O)n1C)S(=O)(=O)c1ccc(C)cc1. The molecule has 0 amide bonds. The Hall–Kier alpha value is -2.50. The second kappa shape index (κ2) is 8.89. The molecule has 0 aliphatic carbocycles. The molecule has 0 aliphatic heterocycles. The number of halogens is 1. The Kier molecular flexibility index (Phi) is 6.98. The van der Waals surface area contributed by atoms with E-state index in [2.05, 4.69) is 20.7 Å². The average Bonchev–Trinajstić information content (AvgIpc) is 2.67. The van der Waals surface area contributed by atoms with E-state index in [0.29, 0.717) is 0 Å². The second-order valence-electron chi connectivity index (χ2n) is 6.18. The zero-order chi connectivity index (χ0) is 21.9. The molecular weight excluding hydrogens is 468 g/mol. The van der Waals surface area contributed by atoms with E-state index in [4.69, 9.17) is 0 Å². The number of aromatic carboxylic acids is 1. The average molecular weight is 487 g/mol. The molecule has 0 saturated heterocycles. The number of carbonyl (C=O) groups excluding carboxylic acids is 1. The van der Waals surface area contributed by atoms with Crippen LogP contribution >= 0.6 is 15.9 Å². The highest BCUT2D eigenvalue weighted by atomic mass is 79.9. The van der Waals surface area contributed by atoms with Gasteiger partial charge in [0.25, 0.3) is 5.56 Å². The van der Waals surface area contributed by atoms with Crippen molar-refractivity contribution in [1.29, 1.82) is 0 Å². The van der Waals surface area contributed by atoms with Crippen LogP contribution in [-0.2, 0) is 33.1 Å². The topological polar surface area (TPSA) is 123 Å². The first-order valence-corrected chi connectivity index (χ1v) is 10.5. The molecule has 2 aromatic rings. The van der Waals surface area contributed by atoms with Gasteiger partial charge < -0.3 is 14.4 Å². The number of aryl methyl sites for hydroxylation is 1. The molecule has 0 radical (unpaired) electrons. The lowest BCUT2D eigenvalue weighted by molar-refractivity contribution is -0.140. The van der Waals surface area contributed by atoms with Crippen LogP contribution in [-0.4, -0.2) is 48.0 Å². The van der Waals surface area contributed by atoms with Gasteiger partial charge in [-0.1, -0.05) is 17.7 Å². The Morgan fingerprint density at radius 1 is 1.24 bits per heavy atom. The van der Waals surface area contributed by atoms with Gasteiger partial charge in [0.1, 0.15) is 6.54 Å². The molecule has 0 spiro atoms. The minimum Gasteiger partial charge on any atom is -0.478 e. The number of carboxylic acid groups (broad SMARTS) is 1. The number of methoxy groups -OCH3 is 1. The van der Waals surface area contributed by atoms with Crippen LogP contribution in [0.15, 0.2) is 44.5 Å². The molecule has 1 heterocycles. The van der Waals surface area contributed by atoms with Gasteiger partial charge in [-0.15, -0.1) is 0 Å². The maximum absolute atomic E-state index is 13.1. The predicted octanol–water partition coefficient (Wildman–Crippen LogP) is 1.52. The van der Waals surface area contributed by atoms with Crippen molar-refractivity contribution in [2.24, 2.45) is 7.05 Å². The van der Waals surface area contributed by atoms with Crippen molar-refractivity contribution in [2.75, 3.05) is 13.7 Å². The van der Waals surface area contributed by atoms with Crippen LogP contribution in [0.4, 0.5) is 0 Å². The summed E-state index contributed by atoms with van der Waals surface area (Å²) >= 11 is 3.00. The second-order valence-corrected chi connectivity index (χ2v) is 8.98. The first-order valence-electron chi connectivity index (χ1n) is 8.24. The molecule has 1 aromatic carbocycles. The van der Waals surface area contributed by atoms with Gasteiger partial charge in [0.05, 0.1) is 34.3 Å². The minimum atomic E-state index is -4.19. The molecule has 29 heavy (non-hydrogen) atoms. The number of hydrogen-bond acceptors (Lipinski definition) is 6. The van der Waals surface area contributed by atoms with Crippen molar-refractivity contribution in [1.82, 2.24) is 8.87 Å². The molecule has 156 valence electrons. The zero-order valence-corrected chi connectivity index (χ0v) is 18.3. The van der Waals surface area contributed by atoms with E-state index in [-0.39, 0.29) is 20.6 Å². The van der Waals surface area contributed by atoms with Crippen LogP contribution in [0.25, 0.3) is 0 Å². The van der Waals surface area contributed by atoms with Gasteiger partial charge in [0.15, 0.2) is 0 Å². The summed E-state index contributed by atoms with van der Waals surface area (Å²) in [4.78, 5) is 35.7. The summed E-state index contributed by atoms with van der Waals surface area (Å²) in [5.74, 6) is -2.18. The molecule has 0 aliphatic rings. The molecule has 0 saturated carbocycles. The Labute approximate surface area is 175 Å². The summed E-state index contributed by atoms with van der Waals surface area (Å²) in [5.41, 5.74) is -0.0547. The molecule has 11 heteroatoms. The van der Waals surface area contributed by atoms with E-state index in [0.717, 1.165) is 27.6 Å². The Balaban J connectivity index is 2.63. The first kappa shape index (κ1) is 22.8. The number of ether oxygens (including phenoxy) is 1.